The molecular weight excluding hydrogens is 574 g/mol. The average Bonchev–Trinajstić information content (AvgIpc) is 3.48. The van der Waals surface area contributed by atoms with Gasteiger partial charge in [-0.2, -0.15) is 16.8 Å². The molecule has 0 bridgehead atoms. The Morgan fingerprint density at radius 2 is 0.750 bits per heavy atom. The topological polar surface area (TPSA) is 135 Å². The van der Waals surface area contributed by atoms with Crippen LogP contribution in [-0.2, 0) is 20.2 Å². The molecule has 40 heavy (non-hydrogen) atoms. The summed E-state index contributed by atoms with van der Waals surface area (Å²) in [5.41, 5.74) is 3.20. The minimum absolute atomic E-state index is 0. The largest absolute Gasteiger partial charge is 0.455 e. The van der Waals surface area contributed by atoms with Gasteiger partial charge in [-0.05, 0) is 35.4 Å². The molecule has 0 unspecified atom stereocenters. The Morgan fingerprint density at radius 1 is 0.450 bits per heavy atom. The molecule has 8 nitrogen and oxygen atoms in total. The van der Waals surface area contributed by atoms with Crippen molar-refractivity contribution in [1.29, 1.82) is 0 Å². The second-order valence-corrected chi connectivity index (χ2v) is 11.3. The molecule has 12 heteroatoms. The first kappa shape index (κ1) is 30.7. The quantitative estimate of drug-likeness (QED) is 0.186. The van der Waals surface area contributed by atoms with Gasteiger partial charge in [-0.1, -0.05) is 72.8 Å². The second kappa shape index (κ2) is 11.6. The first-order valence-electron chi connectivity index (χ1n) is 11.3. The summed E-state index contributed by atoms with van der Waals surface area (Å²) in [6.07, 6.45) is 0. The van der Waals surface area contributed by atoms with Crippen LogP contribution in [0.4, 0.5) is 0 Å². The molecule has 2 aromatic heterocycles. The molecule has 0 aliphatic carbocycles. The van der Waals surface area contributed by atoms with Crippen LogP contribution in [0.25, 0.3) is 55.7 Å². The fraction of sp³-hybridized carbons (Fsp3) is 0. The van der Waals surface area contributed by atoms with Crippen LogP contribution in [-0.4, -0.2) is 85.1 Å². The molecule has 4 aromatic carbocycles. The normalized spacial score (nSPS) is 11.8. The SMILES string of the molecule is O=S(=O)(O)c1c(-c2ccc(-c3ccc(-c4oc5ccccc5c4S(=O)(=O)O)cc3)cc2)oc2ccccc12.[Na].[Na]. The van der Waals surface area contributed by atoms with Crippen LogP contribution in [0, 0.1) is 0 Å². The number of rotatable bonds is 5. The molecule has 2 radical (unpaired) electrons. The zero-order chi connectivity index (χ0) is 26.7. The van der Waals surface area contributed by atoms with Gasteiger partial charge in [-0.25, -0.2) is 0 Å². The Bertz CT molecular complexity index is 1910. The van der Waals surface area contributed by atoms with Crippen molar-refractivity contribution in [3.05, 3.63) is 97.1 Å². The number of furan rings is 2. The Kier molecular flexibility index (Phi) is 8.89. The maximum atomic E-state index is 12.1. The predicted octanol–water partition coefficient (Wildman–Crippen LogP) is 5.91. The molecule has 6 aromatic rings. The van der Waals surface area contributed by atoms with E-state index >= 15 is 0 Å². The molecule has 0 fully saturated rings. The summed E-state index contributed by atoms with van der Waals surface area (Å²) >= 11 is 0. The summed E-state index contributed by atoms with van der Waals surface area (Å²) in [4.78, 5) is -0.573. The predicted molar refractivity (Wildman–Crippen MR) is 153 cm³/mol. The number of hydrogen-bond acceptors (Lipinski definition) is 6. The van der Waals surface area contributed by atoms with E-state index < -0.39 is 20.2 Å². The van der Waals surface area contributed by atoms with E-state index in [1.54, 1.807) is 97.1 Å². The van der Waals surface area contributed by atoms with Crippen LogP contribution < -0.4 is 0 Å². The van der Waals surface area contributed by atoms with Crippen LogP contribution in [0.2, 0.25) is 0 Å². The summed E-state index contributed by atoms with van der Waals surface area (Å²) in [6, 6.07) is 27.0. The Hall–Kier alpha value is -2.22. The van der Waals surface area contributed by atoms with E-state index in [4.69, 9.17) is 8.83 Å². The van der Waals surface area contributed by atoms with Crippen LogP contribution in [0.1, 0.15) is 0 Å². The molecular formula is C28H18Na2O8S2. The Morgan fingerprint density at radius 3 is 1.07 bits per heavy atom. The van der Waals surface area contributed by atoms with E-state index in [1.807, 2.05) is 0 Å². The molecule has 0 saturated carbocycles. The van der Waals surface area contributed by atoms with E-state index in [-0.39, 0.29) is 80.4 Å². The van der Waals surface area contributed by atoms with Gasteiger partial charge >= 0.3 is 0 Å². The van der Waals surface area contributed by atoms with Crippen molar-refractivity contribution in [3.63, 3.8) is 0 Å². The van der Waals surface area contributed by atoms with Crippen molar-refractivity contribution in [3.8, 4) is 33.8 Å². The first-order chi connectivity index (χ1) is 18.1. The van der Waals surface area contributed by atoms with Crippen LogP contribution >= 0.6 is 0 Å². The van der Waals surface area contributed by atoms with E-state index in [0.717, 1.165) is 11.1 Å². The van der Waals surface area contributed by atoms with Gasteiger partial charge in [0.2, 0.25) is 0 Å². The first-order valence-corrected chi connectivity index (χ1v) is 14.2. The fourth-order valence-corrected chi connectivity index (χ4v) is 6.24. The third kappa shape index (κ3) is 5.62. The zero-order valence-electron chi connectivity index (χ0n) is 21.4. The minimum Gasteiger partial charge on any atom is -0.455 e. The minimum atomic E-state index is -4.55. The van der Waals surface area contributed by atoms with E-state index in [2.05, 4.69) is 0 Å². The number of fused-ring (bicyclic) bond motifs is 2. The summed E-state index contributed by atoms with van der Waals surface area (Å²) in [7, 11) is -9.09. The van der Waals surface area contributed by atoms with Crippen molar-refractivity contribution in [2.45, 2.75) is 9.79 Å². The monoisotopic (exact) mass is 592 g/mol. The molecule has 0 spiro atoms. The number of hydrogen-bond donors (Lipinski definition) is 2. The van der Waals surface area contributed by atoms with Crippen molar-refractivity contribution >= 4 is 101 Å². The number of benzene rings is 4. The molecule has 2 heterocycles. The van der Waals surface area contributed by atoms with Gasteiger partial charge in [0.15, 0.2) is 11.5 Å². The standard InChI is InChI=1S/C28H18O8S2.2Na/c29-37(30,31)27-21-5-1-3-7-23(21)35-25(27)19-13-9-17(10-14-19)18-11-15-20(16-12-18)26-28(38(32,33)34)22-6-2-4-8-24(22)36-26;;/h1-16H,(H,29,30,31)(H,32,33,34);;. The summed E-state index contributed by atoms with van der Waals surface area (Å²) in [5, 5.41) is 0.582. The van der Waals surface area contributed by atoms with Gasteiger partial charge in [-0.3, -0.25) is 9.11 Å². The van der Waals surface area contributed by atoms with Crippen LogP contribution in [0.15, 0.2) is 116 Å². The molecule has 0 atom stereocenters. The van der Waals surface area contributed by atoms with Crippen molar-refractivity contribution in [2.75, 3.05) is 0 Å². The third-order valence-electron chi connectivity index (χ3n) is 6.24. The van der Waals surface area contributed by atoms with Crippen LogP contribution in [0.3, 0.4) is 0 Å². The molecule has 192 valence electrons. The van der Waals surface area contributed by atoms with Gasteiger partial charge in [0, 0.05) is 81.0 Å². The van der Waals surface area contributed by atoms with Gasteiger partial charge < -0.3 is 8.83 Å². The second-order valence-electron chi connectivity index (χ2n) is 8.62. The molecule has 2 N–H and O–H groups in total. The Labute approximate surface area is 274 Å². The third-order valence-corrected chi connectivity index (χ3v) is 8.09. The van der Waals surface area contributed by atoms with Crippen molar-refractivity contribution in [1.82, 2.24) is 0 Å². The van der Waals surface area contributed by atoms with Gasteiger partial charge in [0.05, 0.1) is 0 Å². The van der Waals surface area contributed by atoms with Crippen molar-refractivity contribution in [2.24, 2.45) is 0 Å². The molecule has 0 saturated heterocycles. The summed E-state index contributed by atoms with van der Waals surface area (Å²) in [6.45, 7) is 0. The fourth-order valence-electron chi connectivity index (χ4n) is 4.56. The average molecular weight is 593 g/mol. The van der Waals surface area contributed by atoms with Gasteiger partial charge in [-0.15, -0.1) is 0 Å². The van der Waals surface area contributed by atoms with Crippen molar-refractivity contribution < 1.29 is 34.8 Å². The maximum Gasteiger partial charge on any atom is 0.299 e. The molecule has 0 amide bonds. The summed E-state index contributed by atoms with van der Waals surface area (Å²) in [5.74, 6) is 0.0800. The molecule has 6 rings (SSSR count). The smallest absolute Gasteiger partial charge is 0.299 e. The zero-order valence-corrected chi connectivity index (χ0v) is 27.0. The summed E-state index contributed by atoms with van der Waals surface area (Å²) < 4.78 is 79.7. The maximum absolute atomic E-state index is 12.1. The van der Waals surface area contributed by atoms with E-state index in [9.17, 15) is 25.9 Å². The van der Waals surface area contributed by atoms with Crippen LogP contribution in [0.5, 0.6) is 0 Å². The van der Waals surface area contributed by atoms with Gasteiger partial charge in [0.25, 0.3) is 20.2 Å². The Balaban J connectivity index is 0.00000185. The number of para-hydroxylation sites is 2. The van der Waals surface area contributed by atoms with E-state index in [1.165, 1.54) is 0 Å². The molecule has 0 aliphatic rings. The van der Waals surface area contributed by atoms with E-state index in [0.29, 0.717) is 33.1 Å². The van der Waals surface area contributed by atoms with Gasteiger partial charge in [0.1, 0.15) is 21.0 Å². The molecule has 0 aliphatic heterocycles.